The Morgan fingerprint density at radius 1 is 0.650 bits per heavy atom. The van der Waals surface area contributed by atoms with E-state index in [1.54, 1.807) is 0 Å². The van der Waals surface area contributed by atoms with E-state index in [9.17, 15) is 0 Å². The monoisotopic (exact) mass is 284 g/mol. The van der Waals surface area contributed by atoms with Crippen molar-refractivity contribution >= 4 is 0 Å². The molecule has 1 aliphatic heterocycles. The molecule has 120 valence electrons. The minimum absolute atomic E-state index is 0.368. The number of rotatable bonds is 12. The van der Waals surface area contributed by atoms with Crippen LogP contribution in [0.4, 0.5) is 0 Å². The molecule has 0 aromatic carbocycles. The van der Waals surface area contributed by atoms with Gasteiger partial charge in [-0.3, -0.25) is 0 Å². The van der Waals surface area contributed by atoms with Crippen molar-refractivity contribution in [1.29, 1.82) is 0 Å². The third-order valence-corrected chi connectivity index (χ3v) is 4.48. The zero-order chi connectivity index (χ0) is 14.5. The van der Waals surface area contributed by atoms with Crippen molar-refractivity contribution in [2.75, 3.05) is 46.4 Å². The zero-order valence-corrected chi connectivity index (χ0v) is 13.7. The Morgan fingerprint density at radius 2 is 1.10 bits per heavy atom. The predicted octanol–water partition coefficient (Wildman–Crippen LogP) is 3.13. The molecule has 1 fully saturated rings. The molecule has 1 rings (SSSR count). The summed E-state index contributed by atoms with van der Waals surface area (Å²) in [6.07, 6.45) is 13.3. The minimum atomic E-state index is 0.368. The first-order valence-electron chi connectivity index (χ1n) is 8.84. The maximum atomic E-state index is 8.69. The van der Waals surface area contributed by atoms with Gasteiger partial charge in [0, 0.05) is 32.8 Å². The van der Waals surface area contributed by atoms with Gasteiger partial charge < -0.3 is 14.9 Å². The maximum absolute atomic E-state index is 8.69. The quantitative estimate of drug-likeness (QED) is 0.558. The molecule has 1 N–H and O–H groups in total. The maximum Gasteiger partial charge on any atom is 0.0431 e. The first-order chi connectivity index (χ1) is 9.83. The van der Waals surface area contributed by atoms with Gasteiger partial charge in [-0.05, 0) is 26.4 Å². The molecular weight excluding hydrogens is 248 g/mol. The van der Waals surface area contributed by atoms with E-state index < -0.39 is 0 Å². The molecule has 0 aromatic heterocycles. The number of likely N-dealkylation sites (N-methyl/N-ethyl adjacent to an activating group) is 1. The van der Waals surface area contributed by atoms with E-state index in [0.29, 0.717) is 6.61 Å². The van der Waals surface area contributed by atoms with Crippen LogP contribution in [0.5, 0.6) is 0 Å². The van der Waals surface area contributed by atoms with Gasteiger partial charge in [0.05, 0.1) is 0 Å². The van der Waals surface area contributed by atoms with Crippen LogP contribution < -0.4 is 0 Å². The molecule has 0 atom stereocenters. The van der Waals surface area contributed by atoms with E-state index in [2.05, 4.69) is 16.8 Å². The number of nitrogens with zero attached hydrogens (tertiary/aromatic N) is 2. The van der Waals surface area contributed by atoms with Crippen LogP contribution in [-0.2, 0) is 0 Å². The smallest absolute Gasteiger partial charge is 0.0431 e. The average molecular weight is 284 g/mol. The fourth-order valence-electron chi connectivity index (χ4n) is 2.93. The number of hydrogen-bond acceptors (Lipinski definition) is 3. The summed E-state index contributed by atoms with van der Waals surface area (Å²) in [5.41, 5.74) is 0. The van der Waals surface area contributed by atoms with Gasteiger partial charge in [0.15, 0.2) is 0 Å². The van der Waals surface area contributed by atoms with Gasteiger partial charge in [-0.25, -0.2) is 0 Å². The Labute approximate surface area is 126 Å². The van der Waals surface area contributed by atoms with Crippen LogP contribution >= 0.6 is 0 Å². The third-order valence-electron chi connectivity index (χ3n) is 4.48. The molecule has 20 heavy (non-hydrogen) atoms. The van der Waals surface area contributed by atoms with Crippen LogP contribution in [-0.4, -0.2) is 61.3 Å². The SMILES string of the molecule is CN1CCN(CCCCCCCCCCCCO)CC1. The molecule has 0 unspecified atom stereocenters. The fourth-order valence-corrected chi connectivity index (χ4v) is 2.93. The van der Waals surface area contributed by atoms with Crippen molar-refractivity contribution in [3.05, 3.63) is 0 Å². The molecule has 0 radical (unpaired) electrons. The number of hydrogen-bond donors (Lipinski definition) is 1. The second kappa shape index (κ2) is 12.6. The third kappa shape index (κ3) is 9.73. The van der Waals surface area contributed by atoms with E-state index in [0.717, 1.165) is 6.42 Å². The molecule has 1 saturated heterocycles. The Hall–Kier alpha value is -0.120. The second-order valence-electron chi connectivity index (χ2n) is 6.40. The first kappa shape index (κ1) is 17.9. The van der Waals surface area contributed by atoms with Crippen molar-refractivity contribution in [3.63, 3.8) is 0 Å². The lowest BCUT2D eigenvalue weighted by Gasteiger charge is -2.32. The summed E-state index contributed by atoms with van der Waals surface area (Å²) >= 11 is 0. The number of aliphatic hydroxyl groups excluding tert-OH is 1. The molecule has 0 aromatic rings. The number of piperazine rings is 1. The Kier molecular flexibility index (Phi) is 11.3. The summed E-state index contributed by atoms with van der Waals surface area (Å²) in [5.74, 6) is 0. The van der Waals surface area contributed by atoms with Gasteiger partial charge in [-0.15, -0.1) is 0 Å². The van der Waals surface area contributed by atoms with Gasteiger partial charge in [-0.1, -0.05) is 51.4 Å². The Bertz CT molecular complexity index is 203. The molecular formula is C17H36N2O. The van der Waals surface area contributed by atoms with E-state index >= 15 is 0 Å². The van der Waals surface area contributed by atoms with Crippen LogP contribution in [0.25, 0.3) is 0 Å². The molecule has 3 nitrogen and oxygen atoms in total. The van der Waals surface area contributed by atoms with Gasteiger partial charge in [0.25, 0.3) is 0 Å². The van der Waals surface area contributed by atoms with Crippen molar-refractivity contribution < 1.29 is 5.11 Å². The highest BCUT2D eigenvalue weighted by molar-refractivity contribution is 4.68. The van der Waals surface area contributed by atoms with Crippen LogP contribution in [0.1, 0.15) is 64.2 Å². The van der Waals surface area contributed by atoms with Crippen molar-refractivity contribution in [1.82, 2.24) is 9.80 Å². The fraction of sp³-hybridized carbons (Fsp3) is 1.00. The highest BCUT2D eigenvalue weighted by atomic mass is 16.2. The van der Waals surface area contributed by atoms with Gasteiger partial charge >= 0.3 is 0 Å². The second-order valence-corrected chi connectivity index (χ2v) is 6.40. The van der Waals surface area contributed by atoms with Gasteiger partial charge in [0.1, 0.15) is 0 Å². The summed E-state index contributed by atoms with van der Waals surface area (Å²) < 4.78 is 0. The first-order valence-corrected chi connectivity index (χ1v) is 8.84. The molecule has 3 heteroatoms. The molecule has 1 heterocycles. The number of unbranched alkanes of at least 4 members (excludes halogenated alkanes) is 9. The molecule has 0 bridgehead atoms. The van der Waals surface area contributed by atoms with Gasteiger partial charge in [-0.2, -0.15) is 0 Å². The highest BCUT2D eigenvalue weighted by Gasteiger charge is 2.12. The van der Waals surface area contributed by atoms with Crippen molar-refractivity contribution in [2.45, 2.75) is 64.2 Å². The molecule has 0 aliphatic carbocycles. The van der Waals surface area contributed by atoms with Crippen LogP contribution in [0, 0.1) is 0 Å². The van der Waals surface area contributed by atoms with E-state index in [4.69, 9.17) is 5.11 Å². The summed E-state index contributed by atoms with van der Waals surface area (Å²) in [4.78, 5) is 5.05. The zero-order valence-electron chi connectivity index (χ0n) is 13.7. The van der Waals surface area contributed by atoms with E-state index in [-0.39, 0.29) is 0 Å². The minimum Gasteiger partial charge on any atom is -0.396 e. The Balaban J connectivity index is 1.74. The lowest BCUT2D eigenvalue weighted by molar-refractivity contribution is 0.152. The van der Waals surface area contributed by atoms with Gasteiger partial charge in [0.2, 0.25) is 0 Å². The molecule has 0 amide bonds. The summed E-state index contributed by atoms with van der Waals surface area (Å²) in [6.45, 7) is 6.71. The lowest BCUT2D eigenvalue weighted by Crippen LogP contribution is -2.44. The topological polar surface area (TPSA) is 26.7 Å². The van der Waals surface area contributed by atoms with Crippen LogP contribution in [0.2, 0.25) is 0 Å². The normalized spacial score (nSPS) is 17.7. The van der Waals surface area contributed by atoms with Crippen LogP contribution in [0.15, 0.2) is 0 Å². The van der Waals surface area contributed by atoms with Crippen molar-refractivity contribution in [2.24, 2.45) is 0 Å². The largest absolute Gasteiger partial charge is 0.396 e. The molecule has 0 saturated carbocycles. The highest BCUT2D eigenvalue weighted by Crippen LogP contribution is 2.11. The summed E-state index contributed by atoms with van der Waals surface area (Å²) in [6, 6.07) is 0. The summed E-state index contributed by atoms with van der Waals surface area (Å²) in [5, 5.41) is 8.69. The van der Waals surface area contributed by atoms with E-state index in [1.807, 2.05) is 0 Å². The van der Waals surface area contributed by atoms with Crippen LogP contribution in [0.3, 0.4) is 0 Å². The summed E-state index contributed by atoms with van der Waals surface area (Å²) in [7, 11) is 2.22. The predicted molar refractivity (Wildman–Crippen MR) is 87.2 cm³/mol. The molecule has 1 aliphatic rings. The lowest BCUT2D eigenvalue weighted by atomic mass is 10.1. The number of aliphatic hydroxyl groups is 1. The van der Waals surface area contributed by atoms with E-state index in [1.165, 1.54) is 90.5 Å². The molecule has 0 spiro atoms. The Morgan fingerprint density at radius 3 is 1.60 bits per heavy atom. The van der Waals surface area contributed by atoms with Crippen molar-refractivity contribution in [3.8, 4) is 0 Å². The standard InChI is InChI=1S/C17H36N2O/c1-18-13-15-19(16-14-18)12-10-8-6-4-2-3-5-7-9-11-17-20/h20H,2-17H2,1H3. The average Bonchev–Trinajstić information content (AvgIpc) is 2.47.